The molecular formula is C14H23N3O3S. The second-order valence-electron chi connectivity index (χ2n) is 6.02. The van der Waals surface area contributed by atoms with Crippen molar-refractivity contribution in [3.63, 3.8) is 0 Å². The molecule has 1 aliphatic heterocycles. The maximum Gasteiger partial charge on any atom is 0.260 e. The number of ether oxygens (including phenoxy) is 1. The molecule has 7 heteroatoms. The van der Waals surface area contributed by atoms with Crippen LogP contribution in [-0.4, -0.2) is 49.5 Å². The first-order valence-electron chi connectivity index (χ1n) is 7.02. The summed E-state index contributed by atoms with van der Waals surface area (Å²) in [6.07, 6.45) is 1.46. The predicted molar refractivity (Wildman–Crippen MR) is 80.4 cm³/mol. The minimum Gasteiger partial charge on any atom is -0.370 e. The molecule has 0 aliphatic carbocycles. The molecule has 1 fully saturated rings. The van der Waals surface area contributed by atoms with E-state index in [1.54, 1.807) is 18.3 Å². The Labute approximate surface area is 126 Å². The van der Waals surface area contributed by atoms with Crippen molar-refractivity contribution in [1.29, 1.82) is 0 Å². The van der Waals surface area contributed by atoms with Crippen LogP contribution in [0.25, 0.3) is 0 Å². The molecule has 0 radical (unpaired) electrons. The van der Waals surface area contributed by atoms with Gasteiger partial charge in [0.05, 0.1) is 11.7 Å². The summed E-state index contributed by atoms with van der Waals surface area (Å²) in [6.45, 7) is 7.02. The number of aromatic nitrogens is 1. The third kappa shape index (κ3) is 3.79. The van der Waals surface area contributed by atoms with Gasteiger partial charge in [-0.25, -0.2) is 13.4 Å². The van der Waals surface area contributed by atoms with E-state index in [-0.39, 0.29) is 11.1 Å². The van der Waals surface area contributed by atoms with E-state index in [1.165, 1.54) is 4.31 Å². The fourth-order valence-electron chi connectivity index (χ4n) is 2.58. The lowest BCUT2D eigenvalue weighted by molar-refractivity contribution is -0.109. The normalized spacial score (nSPS) is 23.1. The van der Waals surface area contributed by atoms with Crippen molar-refractivity contribution in [2.45, 2.75) is 44.0 Å². The second-order valence-corrected chi connectivity index (χ2v) is 7.91. The molecule has 1 atom stereocenters. The molecule has 6 nitrogen and oxygen atoms in total. The summed E-state index contributed by atoms with van der Waals surface area (Å²) in [5.74, 6) is 0. The Morgan fingerprint density at radius 2 is 2.19 bits per heavy atom. The molecule has 1 unspecified atom stereocenters. The Balaban J connectivity index is 2.24. The maximum absolute atomic E-state index is 12.7. The summed E-state index contributed by atoms with van der Waals surface area (Å²) < 4.78 is 32.6. The Morgan fingerprint density at radius 3 is 2.71 bits per heavy atom. The number of hydrogen-bond donors (Lipinski definition) is 1. The van der Waals surface area contributed by atoms with E-state index in [4.69, 9.17) is 4.74 Å². The monoisotopic (exact) mass is 313 g/mol. The number of rotatable bonds is 4. The first-order chi connectivity index (χ1) is 9.74. The maximum atomic E-state index is 12.7. The van der Waals surface area contributed by atoms with Crippen molar-refractivity contribution in [2.75, 3.05) is 20.1 Å². The van der Waals surface area contributed by atoms with Crippen LogP contribution in [0.2, 0.25) is 0 Å². The number of nitrogens with one attached hydrogen (secondary N) is 1. The largest absolute Gasteiger partial charge is 0.370 e. The number of sulfonamides is 1. The van der Waals surface area contributed by atoms with Gasteiger partial charge in [0, 0.05) is 25.8 Å². The van der Waals surface area contributed by atoms with Crippen molar-refractivity contribution in [2.24, 2.45) is 0 Å². The number of nitrogens with zero attached hydrogens (tertiary/aromatic N) is 2. The quantitative estimate of drug-likeness (QED) is 0.897. The summed E-state index contributed by atoms with van der Waals surface area (Å²) in [5, 5.41) is 3.10. The lowest BCUT2D eigenvalue weighted by atomic mass is 10.1. The van der Waals surface area contributed by atoms with E-state index in [1.807, 2.05) is 27.8 Å². The van der Waals surface area contributed by atoms with Gasteiger partial charge >= 0.3 is 0 Å². The minimum atomic E-state index is -3.58. The van der Waals surface area contributed by atoms with Crippen LogP contribution >= 0.6 is 0 Å². The summed E-state index contributed by atoms with van der Waals surface area (Å²) >= 11 is 0. The van der Waals surface area contributed by atoms with Gasteiger partial charge in [-0.05, 0) is 39.4 Å². The molecule has 0 saturated carbocycles. The Bertz CT molecular complexity index is 584. The van der Waals surface area contributed by atoms with Crippen molar-refractivity contribution in [1.82, 2.24) is 14.6 Å². The van der Waals surface area contributed by atoms with E-state index in [0.717, 1.165) is 5.56 Å². The van der Waals surface area contributed by atoms with Gasteiger partial charge in [-0.15, -0.1) is 0 Å². The highest BCUT2D eigenvalue weighted by atomic mass is 32.2. The summed E-state index contributed by atoms with van der Waals surface area (Å²) in [6, 6.07) is 3.35. The summed E-state index contributed by atoms with van der Waals surface area (Å²) in [4.78, 5) is 4.11. The van der Waals surface area contributed by atoms with Crippen LogP contribution in [0.5, 0.6) is 0 Å². The van der Waals surface area contributed by atoms with Crippen LogP contribution in [0, 0.1) is 0 Å². The lowest BCUT2D eigenvalue weighted by Crippen LogP contribution is -2.53. The van der Waals surface area contributed by atoms with E-state index in [9.17, 15) is 8.42 Å². The van der Waals surface area contributed by atoms with E-state index < -0.39 is 15.6 Å². The third-order valence-corrected chi connectivity index (χ3v) is 5.05. The number of hydrogen-bond acceptors (Lipinski definition) is 5. The zero-order valence-electron chi connectivity index (χ0n) is 13.0. The van der Waals surface area contributed by atoms with Gasteiger partial charge in [-0.2, -0.15) is 4.31 Å². The molecule has 21 heavy (non-hydrogen) atoms. The summed E-state index contributed by atoms with van der Waals surface area (Å²) in [5.41, 5.74) is 0.462. The number of morpholine rings is 1. The van der Waals surface area contributed by atoms with Gasteiger partial charge in [-0.3, -0.25) is 0 Å². The van der Waals surface area contributed by atoms with Gasteiger partial charge in [0.2, 0.25) is 0 Å². The lowest BCUT2D eigenvalue weighted by Gasteiger charge is -2.40. The molecule has 2 rings (SSSR count). The molecule has 1 aromatic rings. The molecule has 0 amide bonds. The van der Waals surface area contributed by atoms with Crippen molar-refractivity contribution < 1.29 is 13.2 Å². The molecule has 2 heterocycles. The van der Waals surface area contributed by atoms with Crippen molar-refractivity contribution in [3.8, 4) is 0 Å². The van der Waals surface area contributed by atoms with E-state index in [0.29, 0.717) is 19.6 Å². The molecule has 0 bridgehead atoms. The summed E-state index contributed by atoms with van der Waals surface area (Å²) in [7, 11) is -1.74. The van der Waals surface area contributed by atoms with Crippen molar-refractivity contribution in [3.05, 3.63) is 23.9 Å². The molecular weight excluding hydrogens is 290 g/mol. The third-order valence-electron chi connectivity index (χ3n) is 3.32. The molecule has 1 saturated heterocycles. The zero-order valence-corrected chi connectivity index (χ0v) is 13.8. The van der Waals surface area contributed by atoms with Crippen LogP contribution in [0.3, 0.4) is 0 Å². The van der Waals surface area contributed by atoms with E-state index in [2.05, 4.69) is 10.3 Å². The van der Waals surface area contributed by atoms with Gasteiger partial charge in [0.25, 0.3) is 10.0 Å². The van der Waals surface area contributed by atoms with Gasteiger partial charge in [-0.1, -0.05) is 6.07 Å². The highest BCUT2D eigenvalue weighted by Gasteiger charge is 2.38. The number of pyridine rings is 1. The first kappa shape index (κ1) is 16.4. The average Bonchev–Trinajstić information content (AvgIpc) is 2.37. The predicted octanol–water partition coefficient (Wildman–Crippen LogP) is 0.989. The van der Waals surface area contributed by atoms with Crippen LogP contribution in [0.1, 0.15) is 26.3 Å². The van der Waals surface area contributed by atoms with Crippen LogP contribution in [0.15, 0.2) is 23.4 Å². The standard InChI is InChI=1S/C14H23N3O3S/c1-11-9-17(10-14(2,3)20-11)21(18,19)13-6-5-12(7-15-4)8-16-13/h5-6,8,11,15H,7,9-10H2,1-4H3. The topological polar surface area (TPSA) is 71.5 Å². The van der Waals surface area contributed by atoms with E-state index >= 15 is 0 Å². The molecule has 0 spiro atoms. The minimum absolute atomic E-state index is 0.0900. The van der Waals surface area contributed by atoms with Gasteiger partial charge in [0.1, 0.15) is 0 Å². The SMILES string of the molecule is CNCc1ccc(S(=O)(=O)N2CC(C)OC(C)(C)C2)nc1. The highest BCUT2D eigenvalue weighted by molar-refractivity contribution is 7.89. The Hall–Kier alpha value is -1.02. The van der Waals surface area contributed by atoms with Crippen molar-refractivity contribution >= 4 is 10.0 Å². The second kappa shape index (κ2) is 6.00. The molecule has 1 aromatic heterocycles. The van der Waals surface area contributed by atoms with Crippen LogP contribution in [-0.2, 0) is 21.3 Å². The smallest absolute Gasteiger partial charge is 0.260 e. The van der Waals surface area contributed by atoms with Gasteiger partial charge < -0.3 is 10.1 Å². The van der Waals surface area contributed by atoms with Gasteiger partial charge in [0.15, 0.2) is 5.03 Å². The zero-order chi connectivity index (χ0) is 15.7. The molecule has 118 valence electrons. The highest BCUT2D eigenvalue weighted by Crippen LogP contribution is 2.25. The Morgan fingerprint density at radius 1 is 1.48 bits per heavy atom. The fraction of sp³-hybridized carbons (Fsp3) is 0.643. The fourth-order valence-corrected chi connectivity index (χ4v) is 4.16. The van der Waals surface area contributed by atoms with Crippen LogP contribution < -0.4 is 5.32 Å². The Kier molecular flexibility index (Phi) is 4.67. The first-order valence-corrected chi connectivity index (χ1v) is 8.46. The average molecular weight is 313 g/mol. The van der Waals surface area contributed by atoms with Crippen LogP contribution in [0.4, 0.5) is 0 Å². The molecule has 1 aliphatic rings. The molecule has 0 aromatic carbocycles. The molecule has 1 N–H and O–H groups in total.